The Morgan fingerprint density at radius 1 is 1.42 bits per heavy atom. The Labute approximate surface area is 140 Å². The number of amides is 1. The van der Waals surface area contributed by atoms with Crippen molar-refractivity contribution in [1.29, 1.82) is 0 Å². The number of hydrogen-bond donors (Lipinski definition) is 5. The van der Waals surface area contributed by atoms with Crippen molar-refractivity contribution in [2.45, 2.75) is 56.8 Å². The minimum atomic E-state index is -0.893. The fourth-order valence-corrected chi connectivity index (χ4v) is 3.20. The number of aliphatic hydroxyl groups is 2. The van der Waals surface area contributed by atoms with E-state index in [1.165, 1.54) is 0 Å². The molecule has 0 fully saturated rings. The number of hydrogen-bond acceptors (Lipinski definition) is 7. The lowest BCUT2D eigenvalue weighted by Crippen LogP contribution is -2.59. The third-order valence-electron chi connectivity index (χ3n) is 4.51. The summed E-state index contributed by atoms with van der Waals surface area (Å²) in [5.41, 5.74) is 5.48. The topological polar surface area (TPSA) is 126 Å². The minimum absolute atomic E-state index is 0.121. The second kappa shape index (κ2) is 5.83. The number of aliphatic hydroxyl groups excluding tert-OH is 2. The minimum Gasteiger partial charge on any atom is -0.388 e. The lowest BCUT2D eigenvalue weighted by atomic mass is 10.0. The van der Waals surface area contributed by atoms with Crippen LogP contribution in [-0.2, 0) is 4.79 Å². The molecule has 9 heteroatoms. The Balaban J connectivity index is 1.79. The van der Waals surface area contributed by atoms with Crippen molar-refractivity contribution in [3.63, 3.8) is 0 Å². The maximum atomic E-state index is 12.4. The molecule has 3 aliphatic rings. The number of carbonyl (C=O) groups is 1. The van der Waals surface area contributed by atoms with Crippen LogP contribution in [0.25, 0.3) is 0 Å². The van der Waals surface area contributed by atoms with E-state index >= 15 is 0 Å². The zero-order valence-corrected chi connectivity index (χ0v) is 14.0. The summed E-state index contributed by atoms with van der Waals surface area (Å²) in [4.78, 5) is 18.8. The molecule has 24 heavy (non-hydrogen) atoms. The van der Waals surface area contributed by atoms with E-state index < -0.39 is 24.4 Å². The summed E-state index contributed by atoms with van der Waals surface area (Å²) in [5.74, 6) is -0.0872. The molecule has 3 rings (SSSR count). The summed E-state index contributed by atoms with van der Waals surface area (Å²) in [7, 11) is 0. The summed E-state index contributed by atoms with van der Waals surface area (Å²) in [6.07, 6.45) is 2.99. The van der Waals surface area contributed by atoms with Crippen molar-refractivity contribution >= 4 is 18.2 Å². The van der Waals surface area contributed by atoms with E-state index in [1.54, 1.807) is 12.2 Å². The lowest BCUT2D eigenvalue weighted by Gasteiger charge is -2.31. The number of guanidine groups is 1. The monoisotopic (exact) mass is 337 g/mol. The van der Waals surface area contributed by atoms with E-state index in [9.17, 15) is 15.0 Å². The summed E-state index contributed by atoms with van der Waals surface area (Å²) < 4.78 is 1.84. The highest BCUT2D eigenvalue weighted by molar-refractivity contribution is 6.01. The van der Waals surface area contributed by atoms with Gasteiger partial charge in [-0.15, -0.1) is 0 Å². The van der Waals surface area contributed by atoms with Gasteiger partial charge in [0.05, 0.1) is 17.7 Å². The molecule has 2 heterocycles. The van der Waals surface area contributed by atoms with E-state index in [0.717, 1.165) is 0 Å². The Bertz CT molecular complexity index is 623. The smallest absolute Gasteiger partial charge is 0.278 e. The van der Waals surface area contributed by atoms with Gasteiger partial charge in [0, 0.05) is 0 Å². The quantitative estimate of drug-likeness (QED) is 0.286. The van der Waals surface area contributed by atoms with Crippen LogP contribution in [0.2, 0.25) is 0 Å². The van der Waals surface area contributed by atoms with Gasteiger partial charge in [0.2, 0.25) is 18.5 Å². The second-order valence-electron chi connectivity index (χ2n) is 7.32. The molecule has 0 aromatic heterocycles. The molecular weight excluding hydrogens is 312 g/mol. The van der Waals surface area contributed by atoms with Gasteiger partial charge >= 0.3 is 0 Å². The number of fused-ring (bicyclic) bond motifs is 1. The first-order valence-electron chi connectivity index (χ1n) is 7.99. The molecule has 0 saturated carbocycles. The molecule has 5 atom stereocenters. The maximum absolute atomic E-state index is 12.4. The summed E-state index contributed by atoms with van der Waals surface area (Å²) in [6.45, 7) is 6.44. The zero-order chi connectivity index (χ0) is 17.6. The zero-order valence-electron chi connectivity index (χ0n) is 14.0. The van der Waals surface area contributed by atoms with E-state index in [2.05, 4.69) is 15.6 Å². The van der Waals surface area contributed by atoms with Gasteiger partial charge in [-0.2, -0.15) is 0 Å². The van der Waals surface area contributed by atoms with Gasteiger partial charge in [-0.25, -0.2) is 14.5 Å². The number of rotatable bonds is 3. The van der Waals surface area contributed by atoms with Gasteiger partial charge < -0.3 is 15.9 Å². The van der Waals surface area contributed by atoms with Crippen LogP contribution in [0.15, 0.2) is 17.1 Å². The van der Waals surface area contributed by atoms with E-state index in [4.69, 9.17) is 5.73 Å². The van der Waals surface area contributed by atoms with Gasteiger partial charge in [-0.3, -0.25) is 15.4 Å². The Hall–Kier alpha value is -1.97. The van der Waals surface area contributed by atoms with Gasteiger partial charge in [0.15, 0.2) is 5.96 Å². The number of nitrogens with two attached hydrogens (primary N) is 1. The molecule has 0 radical (unpaired) electrons. The van der Waals surface area contributed by atoms with Crippen LogP contribution < -0.4 is 16.4 Å². The fourth-order valence-electron chi connectivity index (χ4n) is 3.20. The lowest BCUT2D eigenvalue weighted by molar-refractivity contribution is -0.548. The van der Waals surface area contributed by atoms with E-state index in [1.807, 2.05) is 36.6 Å². The maximum Gasteiger partial charge on any atom is 0.278 e. The molecule has 0 bridgehead atoms. The number of nitrogens with one attached hydrogen (secondary N) is 2. The summed E-state index contributed by atoms with van der Waals surface area (Å²) in [6, 6.07) is -0.868. The molecule has 1 aliphatic carbocycles. The third kappa shape index (κ3) is 2.90. The number of carbonyl (C=O) groups excluding carboxylic acids is 1. The van der Waals surface area contributed by atoms with Crippen molar-refractivity contribution in [2.24, 2.45) is 10.7 Å². The highest BCUT2D eigenvalue weighted by Gasteiger charge is 2.52. The summed E-state index contributed by atoms with van der Waals surface area (Å²) in [5, 5.41) is 25.2. The largest absolute Gasteiger partial charge is 0.388 e. The third-order valence-corrected chi connectivity index (χ3v) is 4.51. The average Bonchev–Trinajstić information content (AvgIpc) is 2.99. The Morgan fingerprint density at radius 2 is 2.12 bits per heavy atom. The number of aliphatic imine (C=N–C) groups is 1. The van der Waals surface area contributed by atoms with Crippen LogP contribution >= 0.6 is 0 Å². The van der Waals surface area contributed by atoms with E-state index in [0.29, 0.717) is 6.67 Å². The van der Waals surface area contributed by atoms with E-state index in [-0.39, 0.29) is 23.4 Å². The van der Waals surface area contributed by atoms with Crippen LogP contribution in [0.5, 0.6) is 0 Å². The highest BCUT2D eigenvalue weighted by Crippen LogP contribution is 2.25. The molecule has 132 valence electrons. The normalized spacial score (nSPS) is 35.6. The second-order valence-corrected chi connectivity index (χ2v) is 7.32. The van der Waals surface area contributed by atoms with Crippen molar-refractivity contribution in [3.8, 4) is 0 Å². The van der Waals surface area contributed by atoms with Crippen molar-refractivity contribution < 1.29 is 19.6 Å². The molecule has 1 amide bonds. The molecular formula is C15H25N6O3+. The first-order chi connectivity index (χ1) is 11.2. The summed E-state index contributed by atoms with van der Waals surface area (Å²) >= 11 is 0. The standard InChI is InChI=1S/C15H24N6O3/c1-15(2,3)21-7-20(6-17-8-4-5-9(22)11(8)23)10-12(21)18-14(16)19-13(10)24/h4-5,7-12,17,22-23H,6H2,1-3H3,(H2-,16,18,19,24)/p+1. The highest BCUT2D eigenvalue weighted by atomic mass is 16.3. The first kappa shape index (κ1) is 16.9. The Kier molecular flexibility index (Phi) is 4.10. The van der Waals surface area contributed by atoms with Crippen molar-refractivity contribution in [1.82, 2.24) is 15.5 Å². The predicted molar refractivity (Wildman–Crippen MR) is 88.2 cm³/mol. The van der Waals surface area contributed by atoms with Crippen LogP contribution in [0.4, 0.5) is 0 Å². The van der Waals surface area contributed by atoms with Crippen LogP contribution in [0, 0.1) is 0 Å². The van der Waals surface area contributed by atoms with Crippen LogP contribution in [0.3, 0.4) is 0 Å². The Morgan fingerprint density at radius 3 is 2.71 bits per heavy atom. The molecule has 6 N–H and O–H groups in total. The number of nitrogens with zero attached hydrogens (tertiary/aromatic N) is 3. The molecule has 0 aromatic rings. The van der Waals surface area contributed by atoms with Gasteiger partial charge in [0.25, 0.3) is 5.91 Å². The van der Waals surface area contributed by atoms with Crippen molar-refractivity contribution in [3.05, 3.63) is 12.2 Å². The van der Waals surface area contributed by atoms with Crippen LogP contribution in [-0.4, -0.2) is 80.6 Å². The molecule has 0 saturated heterocycles. The first-order valence-corrected chi connectivity index (χ1v) is 7.99. The fraction of sp³-hybridized carbons (Fsp3) is 0.667. The molecule has 9 nitrogen and oxygen atoms in total. The van der Waals surface area contributed by atoms with Gasteiger partial charge in [-0.1, -0.05) is 12.2 Å². The van der Waals surface area contributed by atoms with Gasteiger partial charge in [0.1, 0.15) is 12.8 Å². The SMILES string of the molecule is CC(C)(C)N1C=[N+](CNC2C=CC(O)C2O)C2C(=O)NC(N)=NC21. The molecule has 5 unspecified atom stereocenters. The molecule has 2 aliphatic heterocycles. The molecule has 0 spiro atoms. The van der Waals surface area contributed by atoms with Crippen molar-refractivity contribution in [2.75, 3.05) is 6.67 Å². The van der Waals surface area contributed by atoms with Gasteiger partial charge in [-0.05, 0) is 20.8 Å². The predicted octanol–water partition coefficient (Wildman–Crippen LogP) is -2.51. The van der Waals surface area contributed by atoms with Crippen LogP contribution in [0.1, 0.15) is 20.8 Å². The average molecular weight is 337 g/mol. The molecule has 0 aromatic carbocycles.